The number of hydrogen-bond donors (Lipinski definition) is 3. The molecule has 18 heteroatoms. The van der Waals surface area contributed by atoms with Gasteiger partial charge in [-0.3, -0.25) is 24.8 Å². The SMILES string of the molecule is C[C@@H]1CN(c2cc(N3CCN(CC4=C(c5ccc(Cl)cc5)CC(C)(C)CC4)CC3)ccc2C(=O)NS(=O)(=O)c2cc3c(c([N+](=O)[O-])c2)N[C@@H](Cc2ccccn2)CO3)c2cc3cc[nH]c3nc2O1. The van der Waals surface area contributed by atoms with Crippen molar-refractivity contribution < 1.29 is 27.6 Å². The zero-order valence-corrected chi connectivity index (χ0v) is 39.6. The highest BCUT2D eigenvalue weighted by atomic mass is 35.5. The summed E-state index contributed by atoms with van der Waals surface area (Å²) in [6, 6.07) is 24.7. The average molecular weight is 959 g/mol. The smallest absolute Gasteiger partial charge is 0.297 e. The molecule has 0 radical (unpaired) electrons. The van der Waals surface area contributed by atoms with E-state index in [1.807, 2.05) is 60.4 Å². The second kappa shape index (κ2) is 18.1. The van der Waals surface area contributed by atoms with Crippen molar-refractivity contribution in [3.05, 3.63) is 135 Å². The number of carbonyl (C=O) groups is 1. The Morgan fingerprint density at radius 2 is 1.82 bits per heavy atom. The molecule has 4 aliphatic rings. The van der Waals surface area contributed by atoms with Crippen LogP contribution < -0.4 is 29.3 Å². The third-order valence-corrected chi connectivity index (χ3v) is 14.9. The number of carbonyl (C=O) groups excluding carboxylic acids is 1. The van der Waals surface area contributed by atoms with Crippen LogP contribution in [0.5, 0.6) is 11.6 Å². The number of nitrogens with one attached hydrogen (secondary N) is 3. The first-order valence-electron chi connectivity index (χ1n) is 22.9. The lowest BCUT2D eigenvalue weighted by atomic mass is 9.72. The third-order valence-electron chi connectivity index (χ3n) is 13.3. The van der Waals surface area contributed by atoms with E-state index in [-0.39, 0.29) is 41.2 Å². The molecule has 6 aromatic rings. The molecule has 16 nitrogen and oxygen atoms in total. The van der Waals surface area contributed by atoms with Gasteiger partial charge in [-0.25, -0.2) is 13.1 Å². The summed E-state index contributed by atoms with van der Waals surface area (Å²) >= 11 is 6.28. The Bertz CT molecular complexity index is 3060. The third kappa shape index (κ3) is 9.29. The van der Waals surface area contributed by atoms with E-state index in [0.29, 0.717) is 35.9 Å². The summed E-state index contributed by atoms with van der Waals surface area (Å²) in [5.74, 6) is -0.561. The number of anilines is 4. The quantitative estimate of drug-likeness (QED) is 0.0827. The van der Waals surface area contributed by atoms with Crippen LogP contribution in [0.25, 0.3) is 16.6 Å². The van der Waals surface area contributed by atoms with Gasteiger partial charge in [-0.2, -0.15) is 4.98 Å². The van der Waals surface area contributed by atoms with Crippen molar-refractivity contribution in [2.45, 2.75) is 63.5 Å². The number of allylic oxidation sites excluding steroid dienone is 1. The maximum absolute atomic E-state index is 14.5. The van der Waals surface area contributed by atoms with E-state index in [1.54, 1.807) is 24.5 Å². The molecule has 68 heavy (non-hydrogen) atoms. The van der Waals surface area contributed by atoms with E-state index in [4.69, 9.17) is 26.1 Å². The van der Waals surface area contributed by atoms with Gasteiger partial charge in [0.25, 0.3) is 21.6 Å². The second-order valence-electron chi connectivity index (χ2n) is 18.8. The Morgan fingerprint density at radius 1 is 1.01 bits per heavy atom. The lowest BCUT2D eigenvalue weighted by molar-refractivity contribution is -0.384. The molecule has 1 fully saturated rings. The lowest BCUT2D eigenvalue weighted by Gasteiger charge is -2.40. The number of rotatable bonds is 11. The van der Waals surface area contributed by atoms with Crippen molar-refractivity contribution in [1.82, 2.24) is 24.6 Å². The van der Waals surface area contributed by atoms with Crippen LogP contribution in [0.3, 0.4) is 0 Å². The van der Waals surface area contributed by atoms with Crippen LogP contribution in [0, 0.1) is 15.5 Å². The number of nitro benzene ring substituents is 1. The van der Waals surface area contributed by atoms with Gasteiger partial charge >= 0.3 is 0 Å². The number of aromatic amines is 1. The lowest BCUT2D eigenvalue weighted by Crippen LogP contribution is -2.47. The number of pyridine rings is 2. The van der Waals surface area contributed by atoms with Crippen LogP contribution in [0.1, 0.15) is 61.6 Å². The normalized spacial score (nSPS) is 19.4. The van der Waals surface area contributed by atoms with E-state index in [0.717, 1.165) is 79.8 Å². The summed E-state index contributed by atoms with van der Waals surface area (Å²) < 4.78 is 42.7. The van der Waals surface area contributed by atoms with Gasteiger partial charge in [-0.05, 0) is 97.3 Å². The molecular weight excluding hydrogens is 906 g/mol. The molecule has 0 spiro atoms. The number of amides is 1. The van der Waals surface area contributed by atoms with Crippen LogP contribution >= 0.6 is 11.6 Å². The number of nitrogens with zero attached hydrogens (tertiary/aromatic N) is 6. The minimum Gasteiger partial charge on any atom is -0.489 e. The fourth-order valence-electron chi connectivity index (χ4n) is 9.76. The van der Waals surface area contributed by atoms with Gasteiger partial charge in [0.15, 0.2) is 11.4 Å². The Hall–Kier alpha value is -6.69. The molecular formula is C50H52ClN9O7S. The number of halogens is 1. The van der Waals surface area contributed by atoms with Gasteiger partial charge in [0.05, 0.1) is 33.7 Å². The standard InChI is InChI=1S/C50H52ClN9O7S/c1-31-28-59(44-22-33-14-17-53-47(33)55-49(44)67-31)42-24-38(58-20-18-57(19-21-58)29-34-13-15-50(2,3)27-41(34)32-7-9-35(51)10-8-32)11-12-40(42)48(61)56-68(64,65)39-25-43(60(62)63)46-45(26-39)66-30-37(54-46)23-36-6-4-5-16-52-36/h4-12,14,16-17,22,24-26,31,37,54H,13,15,18-21,23,27-30H2,1-3H3,(H,53,55)(H,56,61)/t31-,37+/m1/s1. The molecule has 2 atom stereocenters. The molecule has 10 rings (SSSR count). The highest BCUT2D eigenvalue weighted by Crippen LogP contribution is 2.45. The van der Waals surface area contributed by atoms with E-state index < -0.39 is 31.4 Å². The average Bonchev–Trinajstić information content (AvgIpc) is 3.78. The molecule has 1 aliphatic carbocycles. The van der Waals surface area contributed by atoms with Crippen molar-refractivity contribution in [3.8, 4) is 11.6 Å². The molecule has 6 heterocycles. The number of piperazine rings is 1. The van der Waals surface area contributed by atoms with Gasteiger partial charge < -0.3 is 29.6 Å². The molecule has 352 valence electrons. The van der Waals surface area contributed by atoms with Crippen molar-refractivity contribution in [2.75, 3.05) is 61.0 Å². The predicted molar refractivity (Wildman–Crippen MR) is 263 cm³/mol. The van der Waals surface area contributed by atoms with Crippen molar-refractivity contribution in [2.24, 2.45) is 5.41 Å². The van der Waals surface area contributed by atoms with Gasteiger partial charge in [0.2, 0.25) is 5.88 Å². The Kier molecular flexibility index (Phi) is 12.0. The number of H-pyrrole nitrogens is 1. The van der Waals surface area contributed by atoms with Crippen LogP contribution in [0.4, 0.5) is 28.4 Å². The summed E-state index contributed by atoms with van der Waals surface area (Å²) in [6.07, 6.45) is 6.71. The maximum atomic E-state index is 14.5. The van der Waals surface area contributed by atoms with Gasteiger partial charge in [0.1, 0.15) is 24.0 Å². The highest BCUT2D eigenvalue weighted by molar-refractivity contribution is 7.90. The van der Waals surface area contributed by atoms with Crippen LogP contribution in [0.15, 0.2) is 108 Å². The molecule has 3 aromatic heterocycles. The molecule has 1 saturated heterocycles. The van der Waals surface area contributed by atoms with Crippen LogP contribution in [-0.2, 0) is 16.4 Å². The monoisotopic (exact) mass is 957 g/mol. The summed E-state index contributed by atoms with van der Waals surface area (Å²) in [5, 5.41) is 17.1. The topological polar surface area (TPSA) is 188 Å². The van der Waals surface area contributed by atoms with E-state index in [2.05, 4.69) is 55.8 Å². The molecule has 0 bridgehead atoms. The molecule has 0 saturated carbocycles. The van der Waals surface area contributed by atoms with Crippen LogP contribution in [-0.4, -0.2) is 97.1 Å². The fraction of sp³-hybridized carbons (Fsp3) is 0.340. The van der Waals surface area contributed by atoms with E-state index in [1.165, 1.54) is 22.8 Å². The molecule has 3 aromatic carbocycles. The van der Waals surface area contributed by atoms with Gasteiger partial charge in [-0.15, -0.1) is 0 Å². The number of sulfonamides is 1. The van der Waals surface area contributed by atoms with E-state index in [9.17, 15) is 23.3 Å². The van der Waals surface area contributed by atoms with Crippen molar-refractivity contribution in [1.29, 1.82) is 0 Å². The van der Waals surface area contributed by atoms with Crippen LogP contribution in [0.2, 0.25) is 5.02 Å². The number of nitro groups is 1. The Morgan fingerprint density at radius 3 is 2.59 bits per heavy atom. The maximum Gasteiger partial charge on any atom is 0.297 e. The predicted octanol–water partition coefficient (Wildman–Crippen LogP) is 8.76. The van der Waals surface area contributed by atoms with E-state index >= 15 is 0 Å². The Labute approximate surface area is 399 Å². The number of hydrogen-bond acceptors (Lipinski definition) is 13. The summed E-state index contributed by atoms with van der Waals surface area (Å²) in [7, 11) is -4.69. The van der Waals surface area contributed by atoms with Gasteiger partial charge in [0, 0.05) is 85.5 Å². The fourth-order valence-corrected chi connectivity index (χ4v) is 10.9. The van der Waals surface area contributed by atoms with Gasteiger partial charge in [-0.1, -0.05) is 49.2 Å². The number of aromatic nitrogens is 3. The summed E-state index contributed by atoms with van der Waals surface area (Å²) in [5.41, 5.74) is 7.29. The van der Waals surface area contributed by atoms with Crippen molar-refractivity contribution in [3.63, 3.8) is 0 Å². The highest BCUT2D eigenvalue weighted by Gasteiger charge is 2.35. The number of fused-ring (bicyclic) bond motifs is 3. The second-order valence-corrected chi connectivity index (χ2v) is 21.0. The number of ether oxygens (including phenoxy) is 2. The first kappa shape index (κ1) is 45.1. The molecule has 3 aliphatic heterocycles. The van der Waals surface area contributed by atoms with Crippen molar-refractivity contribution >= 4 is 72.6 Å². The number of benzene rings is 3. The Balaban J connectivity index is 0.934. The zero-order chi connectivity index (χ0) is 47.3. The first-order valence-corrected chi connectivity index (χ1v) is 24.7. The molecule has 1 amide bonds. The zero-order valence-electron chi connectivity index (χ0n) is 38.0. The minimum atomic E-state index is -4.69. The summed E-state index contributed by atoms with van der Waals surface area (Å²) in [4.78, 5) is 44.7. The minimum absolute atomic E-state index is 0.0154. The molecule has 3 N–H and O–H groups in total. The summed E-state index contributed by atoms with van der Waals surface area (Å²) in [6.45, 7) is 11.0. The molecule has 0 unspecified atom stereocenters. The first-order chi connectivity index (χ1) is 32.7. The largest absolute Gasteiger partial charge is 0.489 e.